The molecule has 0 aromatic heterocycles. The Morgan fingerprint density at radius 1 is 1.19 bits per heavy atom. The number of carbonyl (C=O) groups is 1. The molecule has 0 fully saturated rings. The highest BCUT2D eigenvalue weighted by Gasteiger charge is 2.14. The number of halogens is 3. The zero-order valence-electron chi connectivity index (χ0n) is 12.5. The Hall–Kier alpha value is -0.480. The van der Waals surface area contributed by atoms with Crippen molar-refractivity contribution in [2.24, 2.45) is 0 Å². The molecule has 1 aromatic rings. The van der Waals surface area contributed by atoms with Gasteiger partial charge in [-0.3, -0.25) is 4.79 Å². The summed E-state index contributed by atoms with van der Waals surface area (Å²) >= 11 is 18.1. The third kappa shape index (κ3) is 5.67. The first-order valence-electron chi connectivity index (χ1n) is 7.02. The van der Waals surface area contributed by atoms with Crippen molar-refractivity contribution in [1.82, 2.24) is 10.6 Å². The number of amides is 1. The monoisotopic (exact) mass is 350 g/mol. The number of benzene rings is 1. The van der Waals surface area contributed by atoms with Gasteiger partial charge in [0.2, 0.25) is 5.91 Å². The average Bonchev–Trinajstić information content (AvgIpc) is 2.44. The Morgan fingerprint density at radius 2 is 1.86 bits per heavy atom. The van der Waals surface area contributed by atoms with Crippen LogP contribution in [0, 0.1) is 0 Å². The summed E-state index contributed by atoms with van der Waals surface area (Å²) in [5, 5.41) is 7.44. The lowest BCUT2D eigenvalue weighted by atomic mass is 10.1. The molecule has 0 saturated heterocycles. The molecule has 0 aliphatic rings. The smallest absolute Gasteiger partial charge is 0.221 e. The number of nitrogens with one attached hydrogen (secondary N) is 2. The van der Waals surface area contributed by atoms with Crippen LogP contribution in [0.1, 0.15) is 45.2 Å². The second-order valence-corrected chi connectivity index (χ2v) is 6.23. The predicted molar refractivity (Wildman–Crippen MR) is 90.4 cm³/mol. The summed E-state index contributed by atoms with van der Waals surface area (Å²) in [6.45, 7) is 6.57. The summed E-state index contributed by atoms with van der Waals surface area (Å²) in [7, 11) is 0. The van der Waals surface area contributed by atoms with E-state index in [2.05, 4.69) is 10.6 Å². The van der Waals surface area contributed by atoms with Gasteiger partial charge in [-0.1, -0.05) is 47.8 Å². The van der Waals surface area contributed by atoms with Crippen LogP contribution >= 0.6 is 34.8 Å². The van der Waals surface area contributed by atoms with E-state index in [0.29, 0.717) is 28.0 Å². The normalized spacial score (nSPS) is 13.8. The van der Waals surface area contributed by atoms with Gasteiger partial charge in [-0.25, -0.2) is 0 Å². The van der Waals surface area contributed by atoms with E-state index in [1.807, 2.05) is 26.8 Å². The van der Waals surface area contributed by atoms with Gasteiger partial charge in [0.25, 0.3) is 0 Å². The van der Waals surface area contributed by atoms with Crippen molar-refractivity contribution < 1.29 is 4.79 Å². The fourth-order valence-corrected chi connectivity index (χ4v) is 2.54. The lowest BCUT2D eigenvalue weighted by molar-refractivity contribution is -0.121. The minimum Gasteiger partial charge on any atom is -0.354 e. The van der Waals surface area contributed by atoms with Crippen molar-refractivity contribution in [3.05, 3.63) is 32.8 Å². The molecule has 0 saturated carbocycles. The van der Waals surface area contributed by atoms with E-state index in [1.165, 1.54) is 0 Å². The van der Waals surface area contributed by atoms with Crippen molar-refractivity contribution in [1.29, 1.82) is 0 Å². The maximum atomic E-state index is 11.7. The van der Waals surface area contributed by atoms with Crippen LogP contribution in [0.4, 0.5) is 0 Å². The molecule has 3 nitrogen and oxygen atoms in total. The van der Waals surface area contributed by atoms with E-state index in [9.17, 15) is 4.79 Å². The molecule has 2 N–H and O–H groups in total. The van der Waals surface area contributed by atoms with Crippen molar-refractivity contribution in [2.45, 2.75) is 45.7 Å². The summed E-state index contributed by atoms with van der Waals surface area (Å²) in [6, 6.07) is 3.76. The molecule has 21 heavy (non-hydrogen) atoms. The first kappa shape index (κ1) is 18.6. The van der Waals surface area contributed by atoms with Crippen LogP contribution < -0.4 is 10.6 Å². The number of hydrogen-bond donors (Lipinski definition) is 2. The van der Waals surface area contributed by atoms with E-state index in [4.69, 9.17) is 34.8 Å². The van der Waals surface area contributed by atoms with Gasteiger partial charge in [0.15, 0.2) is 0 Å². The first-order valence-corrected chi connectivity index (χ1v) is 8.16. The van der Waals surface area contributed by atoms with Crippen LogP contribution in [-0.4, -0.2) is 18.5 Å². The third-order valence-electron chi connectivity index (χ3n) is 3.35. The minimum atomic E-state index is -0.0105. The van der Waals surface area contributed by atoms with Gasteiger partial charge < -0.3 is 10.6 Å². The number of rotatable bonds is 7. The van der Waals surface area contributed by atoms with Gasteiger partial charge in [0, 0.05) is 25.0 Å². The van der Waals surface area contributed by atoms with Gasteiger partial charge in [-0.05, 0) is 31.9 Å². The van der Waals surface area contributed by atoms with Crippen LogP contribution in [0.5, 0.6) is 0 Å². The summed E-state index contributed by atoms with van der Waals surface area (Å²) in [5.41, 5.74) is 0.869. The van der Waals surface area contributed by atoms with E-state index in [-0.39, 0.29) is 18.0 Å². The van der Waals surface area contributed by atoms with Gasteiger partial charge in [0.05, 0.1) is 15.1 Å². The molecule has 1 aromatic carbocycles. The lowest BCUT2D eigenvalue weighted by Gasteiger charge is -2.17. The Kier molecular flexibility index (Phi) is 7.82. The van der Waals surface area contributed by atoms with E-state index in [1.54, 1.807) is 6.07 Å². The van der Waals surface area contributed by atoms with Crippen LogP contribution in [-0.2, 0) is 4.79 Å². The van der Waals surface area contributed by atoms with E-state index < -0.39 is 0 Å². The van der Waals surface area contributed by atoms with E-state index >= 15 is 0 Å². The summed E-state index contributed by atoms with van der Waals surface area (Å²) in [4.78, 5) is 11.7. The van der Waals surface area contributed by atoms with Crippen LogP contribution in [0.15, 0.2) is 12.1 Å². The quantitative estimate of drug-likeness (QED) is 0.705. The summed E-state index contributed by atoms with van der Waals surface area (Å²) in [6.07, 6.45) is 1.35. The molecule has 118 valence electrons. The topological polar surface area (TPSA) is 41.1 Å². The molecule has 0 spiro atoms. The molecule has 6 heteroatoms. The van der Waals surface area contributed by atoms with Gasteiger partial charge in [-0.2, -0.15) is 0 Å². The van der Waals surface area contributed by atoms with Gasteiger partial charge in [0.1, 0.15) is 0 Å². The van der Waals surface area contributed by atoms with Crippen LogP contribution in [0.25, 0.3) is 0 Å². The molecular weight excluding hydrogens is 331 g/mol. The number of hydrogen-bond acceptors (Lipinski definition) is 2. The summed E-state index contributed by atoms with van der Waals surface area (Å²) < 4.78 is 0. The van der Waals surface area contributed by atoms with Crippen molar-refractivity contribution in [3.8, 4) is 0 Å². The minimum absolute atomic E-state index is 0.0105. The highest BCUT2D eigenvalue weighted by atomic mass is 35.5. The predicted octanol–water partition coefficient (Wildman–Crippen LogP) is 4.60. The molecule has 1 amide bonds. The Labute approximate surface area is 141 Å². The Balaban J connectivity index is 2.50. The SMILES string of the molecule is CCC(C)NC(=O)CCNC(C)c1ccc(Cl)c(Cl)c1Cl. The van der Waals surface area contributed by atoms with E-state index in [0.717, 1.165) is 12.0 Å². The maximum Gasteiger partial charge on any atom is 0.221 e. The molecule has 2 atom stereocenters. The molecule has 0 bridgehead atoms. The maximum absolute atomic E-state index is 11.7. The molecule has 0 aliphatic carbocycles. The largest absolute Gasteiger partial charge is 0.354 e. The molecule has 0 heterocycles. The zero-order valence-corrected chi connectivity index (χ0v) is 14.7. The fourth-order valence-electron chi connectivity index (χ4n) is 1.84. The van der Waals surface area contributed by atoms with Crippen LogP contribution in [0.2, 0.25) is 15.1 Å². The zero-order chi connectivity index (χ0) is 16.0. The molecule has 1 rings (SSSR count). The number of carbonyl (C=O) groups excluding carboxylic acids is 1. The van der Waals surface area contributed by atoms with Crippen molar-refractivity contribution >= 4 is 40.7 Å². The lowest BCUT2D eigenvalue weighted by Crippen LogP contribution is -2.34. The van der Waals surface area contributed by atoms with Crippen LogP contribution in [0.3, 0.4) is 0 Å². The summed E-state index contributed by atoms with van der Waals surface area (Å²) in [5.74, 6) is 0.0456. The highest BCUT2D eigenvalue weighted by Crippen LogP contribution is 2.35. The third-order valence-corrected chi connectivity index (χ3v) is 4.66. The second-order valence-electron chi connectivity index (χ2n) is 5.07. The van der Waals surface area contributed by atoms with Gasteiger partial charge >= 0.3 is 0 Å². The molecule has 0 aliphatic heterocycles. The highest BCUT2D eigenvalue weighted by molar-refractivity contribution is 6.48. The average molecular weight is 352 g/mol. The molecular formula is C15H21Cl3N2O. The first-order chi connectivity index (χ1) is 9.86. The van der Waals surface area contributed by atoms with Crippen molar-refractivity contribution in [3.63, 3.8) is 0 Å². The van der Waals surface area contributed by atoms with Gasteiger partial charge in [-0.15, -0.1) is 0 Å². The standard InChI is InChI=1S/C15H21Cl3N2O/c1-4-9(2)20-13(21)7-8-19-10(3)11-5-6-12(16)15(18)14(11)17/h5-6,9-10,19H,4,7-8H2,1-3H3,(H,20,21). The Bertz CT molecular complexity index is 494. The van der Waals surface area contributed by atoms with Crippen molar-refractivity contribution in [2.75, 3.05) is 6.54 Å². The Morgan fingerprint density at radius 3 is 2.48 bits per heavy atom. The molecule has 2 unspecified atom stereocenters. The fraction of sp³-hybridized carbons (Fsp3) is 0.533. The molecule has 0 radical (unpaired) electrons. The second kappa shape index (κ2) is 8.84.